The third-order valence-corrected chi connectivity index (χ3v) is 3.41. The summed E-state index contributed by atoms with van der Waals surface area (Å²) in [5.74, 6) is 1.56. The highest BCUT2D eigenvalue weighted by Gasteiger charge is 2.06. The Kier molecular flexibility index (Phi) is 5.01. The average Bonchev–Trinajstić information content (AvgIpc) is 2.88. The molecule has 1 aromatic heterocycles. The predicted octanol–water partition coefficient (Wildman–Crippen LogP) is 3.90. The number of hydrogen-bond acceptors (Lipinski definition) is 2. The first kappa shape index (κ1) is 13.7. The highest BCUT2D eigenvalue weighted by molar-refractivity contribution is 5.26. The molecule has 3 heteroatoms. The average molecular weight is 257 g/mol. The van der Waals surface area contributed by atoms with E-state index < -0.39 is 0 Å². The number of benzene rings is 1. The Morgan fingerprint density at radius 1 is 1.26 bits per heavy atom. The quantitative estimate of drug-likeness (QED) is 0.815. The lowest BCUT2D eigenvalue weighted by Gasteiger charge is -2.13. The van der Waals surface area contributed by atoms with Crippen molar-refractivity contribution < 1.29 is 0 Å². The van der Waals surface area contributed by atoms with Gasteiger partial charge in [-0.2, -0.15) is 0 Å². The van der Waals surface area contributed by atoms with Gasteiger partial charge >= 0.3 is 0 Å². The van der Waals surface area contributed by atoms with E-state index in [4.69, 9.17) is 0 Å². The van der Waals surface area contributed by atoms with Gasteiger partial charge in [-0.15, -0.1) is 0 Å². The highest BCUT2D eigenvalue weighted by atomic mass is 15.2. The van der Waals surface area contributed by atoms with Crippen LogP contribution in [0.3, 0.4) is 0 Å². The van der Waals surface area contributed by atoms with Crippen LogP contribution >= 0.6 is 0 Å². The number of hydrogen-bond donors (Lipinski definition) is 1. The molecule has 2 rings (SSSR count). The number of nitrogens with zero attached hydrogens (tertiary/aromatic N) is 2. The second kappa shape index (κ2) is 6.98. The number of rotatable bonds is 7. The SMILES string of the molecule is CCCn1ccnc1NCCC(C)c1ccccc1. The van der Waals surface area contributed by atoms with E-state index >= 15 is 0 Å². The molecule has 19 heavy (non-hydrogen) atoms. The van der Waals surface area contributed by atoms with Crippen LogP contribution in [0.5, 0.6) is 0 Å². The van der Waals surface area contributed by atoms with Gasteiger partial charge in [0.2, 0.25) is 5.95 Å². The molecule has 1 unspecified atom stereocenters. The lowest BCUT2D eigenvalue weighted by atomic mass is 9.98. The Hall–Kier alpha value is -1.77. The van der Waals surface area contributed by atoms with Crippen LogP contribution in [0.2, 0.25) is 0 Å². The molecule has 0 aliphatic heterocycles. The second-order valence-corrected chi connectivity index (χ2v) is 4.97. The Bertz CT molecular complexity index is 476. The number of aromatic nitrogens is 2. The first-order valence-corrected chi connectivity index (χ1v) is 7.11. The van der Waals surface area contributed by atoms with Crippen molar-refractivity contribution >= 4 is 5.95 Å². The van der Waals surface area contributed by atoms with Gasteiger partial charge < -0.3 is 9.88 Å². The zero-order valence-electron chi connectivity index (χ0n) is 11.8. The molecule has 0 aliphatic carbocycles. The van der Waals surface area contributed by atoms with Crippen LogP contribution in [-0.4, -0.2) is 16.1 Å². The lowest BCUT2D eigenvalue weighted by Crippen LogP contribution is -2.10. The third-order valence-electron chi connectivity index (χ3n) is 3.41. The van der Waals surface area contributed by atoms with Crippen LogP contribution in [-0.2, 0) is 6.54 Å². The van der Waals surface area contributed by atoms with Crippen molar-refractivity contribution in [2.75, 3.05) is 11.9 Å². The van der Waals surface area contributed by atoms with E-state index in [0.29, 0.717) is 5.92 Å². The molecular formula is C16H23N3. The van der Waals surface area contributed by atoms with Crippen LogP contribution in [0.25, 0.3) is 0 Å². The van der Waals surface area contributed by atoms with E-state index in [9.17, 15) is 0 Å². The number of anilines is 1. The molecule has 0 spiro atoms. The molecule has 0 bridgehead atoms. The molecule has 1 N–H and O–H groups in total. The Morgan fingerprint density at radius 2 is 2.05 bits per heavy atom. The van der Waals surface area contributed by atoms with Gasteiger partial charge in [0.05, 0.1) is 0 Å². The number of imidazole rings is 1. The van der Waals surface area contributed by atoms with Gasteiger partial charge in [0.1, 0.15) is 0 Å². The standard InChI is InChI=1S/C16H23N3/c1-3-12-19-13-11-18-16(19)17-10-9-14(2)15-7-5-4-6-8-15/h4-8,11,13-14H,3,9-10,12H2,1-2H3,(H,17,18). The van der Waals surface area contributed by atoms with Crippen molar-refractivity contribution in [3.63, 3.8) is 0 Å². The van der Waals surface area contributed by atoms with Gasteiger partial charge in [-0.1, -0.05) is 44.2 Å². The summed E-state index contributed by atoms with van der Waals surface area (Å²) in [6, 6.07) is 10.7. The van der Waals surface area contributed by atoms with Crippen LogP contribution in [0.15, 0.2) is 42.7 Å². The summed E-state index contributed by atoms with van der Waals surface area (Å²) >= 11 is 0. The molecule has 0 saturated heterocycles. The van der Waals surface area contributed by atoms with Crippen LogP contribution in [0.4, 0.5) is 5.95 Å². The Morgan fingerprint density at radius 3 is 2.79 bits per heavy atom. The third kappa shape index (κ3) is 3.85. The van der Waals surface area contributed by atoms with Crippen LogP contribution in [0, 0.1) is 0 Å². The summed E-state index contributed by atoms with van der Waals surface area (Å²) in [6.07, 6.45) is 6.14. The maximum Gasteiger partial charge on any atom is 0.202 e. The Labute approximate surface area is 115 Å². The molecule has 3 nitrogen and oxygen atoms in total. The van der Waals surface area contributed by atoms with Crippen LogP contribution < -0.4 is 5.32 Å². The van der Waals surface area contributed by atoms with Crippen molar-refractivity contribution in [3.8, 4) is 0 Å². The Balaban J connectivity index is 1.81. The first-order chi connectivity index (χ1) is 9.31. The molecule has 0 radical (unpaired) electrons. The summed E-state index contributed by atoms with van der Waals surface area (Å²) in [6.45, 7) is 6.43. The van der Waals surface area contributed by atoms with Crippen molar-refractivity contribution in [2.24, 2.45) is 0 Å². The minimum atomic E-state index is 0.572. The summed E-state index contributed by atoms with van der Waals surface area (Å²) < 4.78 is 2.17. The van der Waals surface area contributed by atoms with Crippen molar-refractivity contribution in [1.29, 1.82) is 0 Å². The van der Waals surface area contributed by atoms with Gasteiger partial charge in [0, 0.05) is 25.5 Å². The first-order valence-electron chi connectivity index (χ1n) is 7.11. The summed E-state index contributed by atoms with van der Waals surface area (Å²) in [5, 5.41) is 3.43. The minimum Gasteiger partial charge on any atom is -0.356 e. The fourth-order valence-corrected chi connectivity index (χ4v) is 2.25. The second-order valence-electron chi connectivity index (χ2n) is 4.97. The number of aryl methyl sites for hydroxylation is 1. The summed E-state index contributed by atoms with van der Waals surface area (Å²) in [5.41, 5.74) is 1.40. The van der Waals surface area contributed by atoms with E-state index in [2.05, 4.69) is 59.0 Å². The van der Waals surface area contributed by atoms with Crippen molar-refractivity contribution in [3.05, 3.63) is 48.3 Å². The minimum absolute atomic E-state index is 0.572. The monoisotopic (exact) mass is 257 g/mol. The van der Waals surface area contributed by atoms with E-state index in [1.165, 1.54) is 5.56 Å². The molecular weight excluding hydrogens is 234 g/mol. The molecule has 0 amide bonds. The maximum absolute atomic E-state index is 4.36. The molecule has 102 valence electrons. The van der Waals surface area contributed by atoms with Gasteiger partial charge in [-0.3, -0.25) is 0 Å². The van der Waals surface area contributed by atoms with E-state index in [0.717, 1.165) is 31.9 Å². The molecule has 1 atom stereocenters. The number of nitrogens with one attached hydrogen (secondary N) is 1. The smallest absolute Gasteiger partial charge is 0.202 e. The van der Waals surface area contributed by atoms with Crippen molar-refractivity contribution in [1.82, 2.24) is 9.55 Å². The molecule has 2 aromatic rings. The normalized spacial score (nSPS) is 12.3. The molecule has 1 aromatic carbocycles. The van der Waals surface area contributed by atoms with Gasteiger partial charge in [-0.05, 0) is 24.3 Å². The van der Waals surface area contributed by atoms with Crippen LogP contribution in [0.1, 0.15) is 38.2 Å². The highest BCUT2D eigenvalue weighted by Crippen LogP contribution is 2.18. The van der Waals surface area contributed by atoms with Gasteiger partial charge in [0.15, 0.2) is 0 Å². The molecule has 1 heterocycles. The fourth-order valence-electron chi connectivity index (χ4n) is 2.25. The van der Waals surface area contributed by atoms with Gasteiger partial charge in [0.25, 0.3) is 0 Å². The molecule has 0 fully saturated rings. The van der Waals surface area contributed by atoms with E-state index in [-0.39, 0.29) is 0 Å². The summed E-state index contributed by atoms with van der Waals surface area (Å²) in [4.78, 5) is 4.36. The van der Waals surface area contributed by atoms with Gasteiger partial charge in [-0.25, -0.2) is 4.98 Å². The maximum atomic E-state index is 4.36. The topological polar surface area (TPSA) is 29.9 Å². The lowest BCUT2D eigenvalue weighted by molar-refractivity contribution is 0.667. The molecule has 0 saturated carbocycles. The predicted molar refractivity (Wildman–Crippen MR) is 80.5 cm³/mol. The fraction of sp³-hybridized carbons (Fsp3) is 0.438. The van der Waals surface area contributed by atoms with E-state index in [1.807, 2.05) is 12.4 Å². The molecule has 0 aliphatic rings. The largest absolute Gasteiger partial charge is 0.356 e. The zero-order chi connectivity index (χ0) is 13.5. The summed E-state index contributed by atoms with van der Waals surface area (Å²) in [7, 11) is 0. The zero-order valence-corrected chi connectivity index (χ0v) is 11.8. The van der Waals surface area contributed by atoms with E-state index in [1.54, 1.807) is 0 Å². The van der Waals surface area contributed by atoms with Crippen molar-refractivity contribution in [2.45, 2.75) is 39.2 Å².